The summed E-state index contributed by atoms with van der Waals surface area (Å²) in [6.45, 7) is 17.8. The van der Waals surface area contributed by atoms with Gasteiger partial charge in [-0.15, -0.1) is 0 Å². The fourth-order valence-electron chi connectivity index (χ4n) is 2.88. The van der Waals surface area contributed by atoms with Gasteiger partial charge in [-0.25, -0.2) is 0 Å². The highest BCUT2D eigenvalue weighted by molar-refractivity contribution is 4.87. The molecular weight excluding hydrogens is 206 g/mol. The summed E-state index contributed by atoms with van der Waals surface area (Å²) in [5.74, 6) is 1.57. The van der Waals surface area contributed by atoms with Crippen molar-refractivity contribution in [3.63, 3.8) is 0 Å². The van der Waals surface area contributed by atoms with Gasteiger partial charge in [-0.1, -0.05) is 48.5 Å². The number of rotatable bonds is 3. The summed E-state index contributed by atoms with van der Waals surface area (Å²) < 4.78 is 0. The molecule has 1 rings (SSSR count). The van der Waals surface area contributed by atoms with Crippen LogP contribution in [0, 0.1) is 22.7 Å². The van der Waals surface area contributed by atoms with Crippen molar-refractivity contribution in [1.29, 1.82) is 0 Å². The highest BCUT2D eigenvalue weighted by atomic mass is 14.9. The molecule has 0 radical (unpaired) electrons. The van der Waals surface area contributed by atoms with Crippen molar-refractivity contribution in [3.05, 3.63) is 0 Å². The quantitative estimate of drug-likeness (QED) is 0.766. The molecular formula is C16H33N. The molecule has 0 amide bonds. The maximum Gasteiger partial charge on any atom is 0.00932 e. The zero-order valence-corrected chi connectivity index (χ0v) is 13.1. The number of nitrogens with one attached hydrogen (secondary N) is 1. The molecule has 1 saturated carbocycles. The van der Waals surface area contributed by atoms with Crippen LogP contribution >= 0.6 is 0 Å². The van der Waals surface area contributed by atoms with E-state index in [1.54, 1.807) is 0 Å². The predicted molar refractivity (Wildman–Crippen MR) is 77.2 cm³/mol. The van der Waals surface area contributed by atoms with Gasteiger partial charge < -0.3 is 5.32 Å². The minimum absolute atomic E-state index is 0.421. The third kappa shape index (κ3) is 4.62. The average molecular weight is 239 g/mol. The second-order valence-electron chi connectivity index (χ2n) is 8.17. The van der Waals surface area contributed by atoms with Gasteiger partial charge in [0, 0.05) is 6.04 Å². The lowest BCUT2D eigenvalue weighted by Crippen LogP contribution is -2.44. The molecule has 0 spiro atoms. The topological polar surface area (TPSA) is 12.0 Å². The molecule has 0 aliphatic heterocycles. The van der Waals surface area contributed by atoms with Crippen LogP contribution < -0.4 is 5.32 Å². The van der Waals surface area contributed by atoms with E-state index >= 15 is 0 Å². The average Bonchev–Trinajstić information content (AvgIpc) is 2.13. The molecule has 1 fully saturated rings. The second-order valence-corrected chi connectivity index (χ2v) is 8.17. The minimum Gasteiger partial charge on any atom is -0.313 e. The highest BCUT2D eigenvalue weighted by Crippen LogP contribution is 2.38. The Bertz CT molecular complexity index is 236. The molecule has 3 unspecified atom stereocenters. The largest absolute Gasteiger partial charge is 0.313 e. The molecule has 1 aliphatic carbocycles. The van der Waals surface area contributed by atoms with E-state index in [0.29, 0.717) is 10.8 Å². The Hall–Kier alpha value is -0.0400. The molecule has 0 aromatic carbocycles. The monoisotopic (exact) mass is 239 g/mol. The van der Waals surface area contributed by atoms with Gasteiger partial charge in [0.1, 0.15) is 0 Å². The fraction of sp³-hybridized carbons (Fsp3) is 1.00. The van der Waals surface area contributed by atoms with Gasteiger partial charge in [0.2, 0.25) is 0 Å². The summed E-state index contributed by atoms with van der Waals surface area (Å²) in [7, 11) is 0. The first-order chi connectivity index (χ1) is 7.62. The van der Waals surface area contributed by atoms with E-state index < -0.39 is 0 Å². The smallest absolute Gasteiger partial charge is 0.00932 e. The summed E-state index contributed by atoms with van der Waals surface area (Å²) >= 11 is 0. The Morgan fingerprint density at radius 2 is 1.88 bits per heavy atom. The van der Waals surface area contributed by atoms with Crippen molar-refractivity contribution in [1.82, 2.24) is 5.32 Å². The molecule has 0 heterocycles. The minimum atomic E-state index is 0.421. The molecule has 1 N–H and O–H groups in total. The van der Waals surface area contributed by atoms with Gasteiger partial charge in [-0.3, -0.25) is 0 Å². The van der Waals surface area contributed by atoms with Crippen LogP contribution in [0.15, 0.2) is 0 Å². The molecule has 0 aromatic rings. The van der Waals surface area contributed by atoms with Crippen LogP contribution in [0.3, 0.4) is 0 Å². The van der Waals surface area contributed by atoms with Gasteiger partial charge in [0.15, 0.2) is 0 Å². The molecule has 17 heavy (non-hydrogen) atoms. The van der Waals surface area contributed by atoms with Gasteiger partial charge in [0.25, 0.3) is 0 Å². The van der Waals surface area contributed by atoms with E-state index in [1.165, 1.54) is 25.8 Å². The molecule has 0 bridgehead atoms. The Balaban J connectivity index is 2.39. The van der Waals surface area contributed by atoms with Crippen LogP contribution in [-0.4, -0.2) is 12.6 Å². The predicted octanol–water partition coefficient (Wildman–Crippen LogP) is 4.47. The lowest BCUT2D eigenvalue weighted by molar-refractivity contribution is 0.138. The lowest BCUT2D eigenvalue weighted by Gasteiger charge is -2.40. The summed E-state index contributed by atoms with van der Waals surface area (Å²) in [4.78, 5) is 0. The molecule has 3 atom stereocenters. The zero-order chi connectivity index (χ0) is 13.3. The molecule has 1 aliphatic rings. The van der Waals surface area contributed by atoms with E-state index in [2.05, 4.69) is 53.8 Å². The van der Waals surface area contributed by atoms with Gasteiger partial charge in [-0.05, 0) is 48.5 Å². The first-order valence-electron chi connectivity index (χ1n) is 7.35. The molecule has 0 aromatic heterocycles. The molecule has 102 valence electrons. The number of hydrogen-bond acceptors (Lipinski definition) is 1. The van der Waals surface area contributed by atoms with E-state index in [4.69, 9.17) is 0 Å². The van der Waals surface area contributed by atoms with Gasteiger partial charge in [-0.2, -0.15) is 0 Å². The number of hydrogen-bond donors (Lipinski definition) is 1. The second kappa shape index (κ2) is 5.30. The Morgan fingerprint density at radius 1 is 1.29 bits per heavy atom. The first-order valence-corrected chi connectivity index (χ1v) is 7.35. The van der Waals surface area contributed by atoms with E-state index in [-0.39, 0.29) is 0 Å². The van der Waals surface area contributed by atoms with Crippen molar-refractivity contribution in [2.24, 2.45) is 22.7 Å². The van der Waals surface area contributed by atoms with Crippen molar-refractivity contribution in [2.45, 2.75) is 73.8 Å². The summed E-state index contributed by atoms with van der Waals surface area (Å²) in [5.41, 5.74) is 0.984. The van der Waals surface area contributed by atoms with Crippen LogP contribution in [0.4, 0.5) is 0 Å². The maximum atomic E-state index is 3.82. The van der Waals surface area contributed by atoms with Gasteiger partial charge in [0.05, 0.1) is 0 Å². The third-order valence-electron chi connectivity index (χ3n) is 4.86. The standard InChI is InChI=1S/C16H33N/c1-12-10-16(6,7)9-8-14(12)17-11-13(2)15(3,4)5/h12-14,17H,8-11H2,1-7H3. The van der Waals surface area contributed by atoms with Crippen LogP contribution in [0.1, 0.15) is 67.7 Å². The zero-order valence-electron chi connectivity index (χ0n) is 13.1. The fourth-order valence-corrected chi connectivity index (χ4v) is 2.88. The maximum absolute atomic E-state index is 3.82. The highest BCUT2D eigenvalue weighted by Gasteiger charge is 2.32. The Morgan fingerprint density at radius 3 is 2.35 bits per heavy atom. The lowest BCUT2D eigenvalue weighted by atomic mass is 9.70. The van der Waals surface area contributed by atoms with Crippen molar-refractivity contribution < 1.29 is 0 Å². The van der Waals surface area contributed by atoms with E-state index in [1.807, 2.05) is 0 Å². The molecule has 1 nitrogen and oxygen atoms in total. The summed E-state index contributed by atoms with van der Waals surface area (Å²) in [6, 6.07) is 0.743. The summed E-state index contributed by atoms with van der Waals surface area (Å²) in [6.07, 6.45) is 4.10. The van der Waals surface area contributed by atoms with E-state index in [0.717, 1.165) is 17.9 Å². The third-order valence-corrected chi connectivity index (χ3v) is 4.86. The van der Waals surface area contributed by atoms with Crippen molar-refractivity contribution in [3.8, 4) is 0 Å². The Labute approximate surface area is 109 Å². The van der Waals surface area contributed by atoms with E-state index in [9.17, 15) is 0 Å². The Kier molecular flexibility index (Phi) is 4.68. The van der Waals surface area contributed by atoms with Crippen LogP contribution in [0.5, 0.6) is 0 Å². The normalized spacial score (nSPS) is 31.2. The van der Waals surface area contributed by atoms with Gasteiger partial charge >= 0.3 is 0 Å². The van der Waals surface area contributed by atoms with Crippen LogP contribution in [0.2, 0.25) is 0 Å². The SMILES string of the molecule is CC1CC(C)(C)CCC1NCC(C)C(C)(C)C. The van der Waals surface area contributed by atoms with Crippen molar-refractivity contribution in [2.75, 3.05) is 6.54 Å². The van der Waals surface area contributed by atoms with Crippen LogP contribution in [0.25, 0.3) is 0 Å². The molecule has 1 heteroatoms. The van der Waals surface area contributed by atoms with Crippen LogP contribution in [-0.2, 0) is 0 Å². The summed E-state index contributed by atoms with van der Waals surface area (Å²) in [5, 5.41) is 3.82. The van der Waals surface area contributed by atoms with Crippen molar-refractivity contribution >= 4 is 0 Å². The first kappa shape index (κ1) is 15.0. The molecule has 0 saturated heterocycles.